The number of nitrogens with one attached hydrogen (secondary N) is 2. The van der Waals surface area contributed by atoms with E-state index in [1.807, 2.05) is 6.92 Å². The lowest BCUT2D eigenvalue weighted by atomic mass is 10.3. The van der Waals surface area contributed by atoms with E-state index in [1.54, 1.807) is 0 Å². The van der Waals surface area contributed by atoms with Crippen molar-refractivity contribution in [3.8, 4) is 0 Å². The maximum absolute atomic E-state index is 11.1. The van der Waals surface area contributed by atoms with Gasteiger partial charge in [-0.2, -0.15) is 0 Å². The number of amides is 1. The molecule has 0 radical (unpaired) electrons. The van der Waals surface area contributed by atoms with Crippen molar-refractivity contribution in [3.63, 3.8) is 0 Å². The smallest absolute Gasteiger partial charge is 0.220 e. The molecule has 0 aromatic rings. The molecule has 4 heteroatoms. The summed E-state index contributed by atoms with van der Waals surface area (Å²) in [6.07, 6.45) is 2.83. The molecule has 1 aliphatic rings. The minimum Gasteiger partial charge on any atom is -0.355 e. The minimum absolute atomic E-state index is 0.176. The van der Waals surface area contributed by atoms with Crippen LogP contribution in [0.2, 0.25) is 0 Å². The molecule has 0 unspecified atom stereocenters. The van der Waals surface area contributed by atoms with Gasteiger partial charge in [0.2, 0.25) is 5.91 Å². The van der Waals surface area contributed by atoms with Crippen LogP contribution < -0.4 is 10.6 Å². The summed E-state index contributed by atoms with van der Waals surface area (Å²) in [4.78, 5) is 13.4. The van der Waals surface area contributed by atoms with Gasteiger partial charge >= 0.3 is 0 Å². The lowest BCUT2D eigenvalue weighted by Crippen LogP contribution is -2.34. The van der Waals surface area contributed by atoms with Crippen molar-refractivity contribution in [2.24, 2.45) is 0 Å². The number of carbonyl (C=O) groups is 1. The van der Waals surface area contributed by atoms with E-state index in [1.165, 1.54) is 6.42 Å². The van der Waals surface area contributed by atoms with E-state index < -0.39 is 0 Å². The van der Waals surface area contributed by atoms with Gasteiger partial charge in [0.1, 0.15) is 0 Å². The van der Waals surface area contributed by atoms with Gasteiger partial charge < -0.3 is 10.6 Å². The molecule has 0 aromatic heterocycles. The Hall–Kier alpha value is -0.610. The maximum atomic E-state index is 11.1. The fourth-order valence-corrected chi connectivity index (χ4v) is 1.41. The first kappa shape index (κ1) is 15.4. The van der Waals surface area contributed by atoms with Gasteiger partial charge in [-0.1, -0.05) is 27.2 Å². The highest BCUT2D eigenvalue weighted by Crippen LogP contribution is 1.90. The fraction of sp³-hybridized carbons (Fsp3) is 0.917. The van der Waals surface area contributed by atoms with Gasteiger partial charge in [0.15, 0.2) is 0 Å². The van der Waals surface area contributed by atoms with E-state index in [0.717, 1.165) is 39.3 Å². The molecule has 1 rings (SSSR count). The van der Waals surface area contributed by atoms with Crippen LogP contribution in [0.25, 0.3) is 0 Å². The van der Waals surface area contributed by atoms with Crippen molar-refractivity contribution in [3.05, 3.63) is 0 Å². The van der Waals surface area contributed by atoms with Crippen molar-refractivity contribution >= 4 is 5.91 Å². The van der Waals surface area contributed by atoms with Crippen LogP contribution >= 0.6 is 0 Å². The Bertz CT molecular complexity index is 168. The number of carbonyl (C=O) groups excluding carboxylic acids is 1. The maximum Gasteiger partial charge on any atom is 0.220 e. The molecule has 0 bridgehead atoms. The standard InChI is InChI=1S/C9H19N3O.C3H8/c1-2-3-9(13)11-5-7-12-6-4-10-8-12;1-3-2/h10H,2-8H2,1H3,(H,11,13);3H2,1-2H3. The number of rotatable bonds is 5. The van der Waals surface area contributed by atoms with Crippen LogP contribution in [0.4, 0.5) is 0 Å². The second kappa shape index (κ2) is 10.9. The number of hydrogen-bond donors (Lipinski definition) is 2. The molecule has 1 fully saturated rings. The topological polar surface area (TPSA) is 44.4 Å². The molecule has 0 saturated carbocycles. The number of nitrogens with zero attached hydrogens (tertiary/aromatic N) is 1. The average Bonchev–Trinajstić information content (AvgIpc) is 2.72. The Morgan fingerprint density at radius 1 is 1.38 bits per heavy atom. The molecule has 0 atom stereocenters. The zero-order valence-electron chi connectivity index (χ0n) is 11.0. The van der Waals surface area contributed by atoms with E-state index in [-0.39, 0.29) is 5.91 Å². The molecule has 0 aromatic carbocycles. The molecule has 0 spiro atoms. The lowest BCUT2D eigenvalue weighted by Gasteiger charge is -2.13. The van der Waals surface area contributed by atoms with Gasteiger partial charge in [-0.3, -0.25) is 9.69 Å². The Labute approximate surface area is 99.8 Å². The van der Waals surface area contributed by atoms with Gasteiger partial charge in [0.25, 0.3) is 0 Å². The monoisotopic (exact) mass is 229 g/mol. The SMILES string of the molecule is CCC.CCCC(=O)NCCN1CCNC1. The Morgan fingerprint density at radius 2 is 2.06 bits per heavy atom. The zero-order valence-corrected chi connectivity index (χ0v) is 11.0. The van der Waals surface area contributed by atoms with E-state index in [4.69, 9.17) is 0 Å². The average molecular weight is 229 g/mol. The van der Waals surface area contributed by atoms with Gasteiger partial charge in [0, 0.05) is 39.3 Å². The second-order valence-electron chi connectivity index (χ2n) is 4.08. The van der Waals surface area contributed by atoms with Gasteiger partial charge in [-0.05, 0) is 6.42 Å². The van der Waals surface area contributed by atoms with Crippen molar-refractivity contribution in [1.29, 1.82) is 0 Å². The molecule has 1 saturated heterocycles. The third kappa shape index (κ3) is 8.68. The van der Waals surface area contributed by atoms with E-state index in [0.29, 0.717) is 6.42 Å². The van der Waals surface area contributed by atoms with Crippen molar-refractivity contribution in [2.75, 3.05) is 32.8 Å². The second-order valence-corrected chi connectivity index (χ2v) is 4.08. The molecule has 4 nitrogen and oxygen atoms in total. The number of hydrogen-bond acceptors (Lipinski definition) is 3. The van der Waals surface area contributed by atoms with Gasteiger partial charge in [0.05, 0.1) is 0 Å². The Kier molecular flexibility index (Phi) is 10.5. The fourth-order valence-electron chi connectivity index (χ4n) is 1.41. The predicted octanol–water partition coefficient (Wildman–Crippen LogP) is 1.18. The minimum atomic E-state index is 0.176. The summed E-state index contributed by atoms with van der Waals surface area (Å²) in [7, 11) is 0. The summed E-state index contributed by atoms with van der Waals surface area (Å²) in [6.45, 7) is 11.1. The molecule has 1 heterocycles. The van der Waals surface area contributed by atoms with E-state index in [9.17, 15) is 4.79 Å². The predicted molar refractivity (Wildman–Crippen MR) is 68.3 cm³/mol. The van der Waals surface area contributed by atoms with Crippen molar-refractivity contribution in [1.82, 2.24) is 15.5 Å². The highest BCUT2D eigenvalue weighted by atomic mass is 16.1. The molecule has 96 valence electrons. The zero-order chi connectivity index (χ0) is 12.2. The van der Waals surface area contributed by atoms with Crippen LogP contribution in [0.15, 0.2) is 0 Å². The molecular formula is C12H27N3O. The van der Waals surface area contributed by atoms with Crippen molar-refractivity contribution < 1.29 is 4.79 Å². The van der Waals surface area contributed by atoms with Crippen LogP contribution in [0.1, 0.15) is 40.0 Å². The first-order chi connectivity index (χ1) is 7.74. The molecular weight excluding hydrogens is 202 g/mol. The molecule has 1 amide bonds. The van der Waals surface area contributed by atoms with Crippen LogP contribution in [0.3, 0.4) is 0 Å². The van der Waals surface area contributed by atoms with Gasteiger partial charge in [-0.25, -0.2) is 0 Å². The highest BCUT2D eigenvalue weighted by molar-refractivity contribution is 5.75. The Morgan fingerprint density at radius 3 is 2.56 bits per heavy atom. The summed E-state index contributed by atoms with van der Waals surface area (Å²) in [5.74, 6) is 0.176. The van der Waals surface area contributed by atoms with Crippen LogP contribution in [-0.4, -0.2) is 43.7 Å². The van der Waals surface area contributed by atoms with Crippen molar-refractivity contribution in [2.45, 2.75) is 40.0 Å². The van der Waals surface area contributed by atoms with E-state index in [2.05, 4.69) is 29.4 Å². The largest absolute Gasteiger partial charge is 0.355 e. The Balaban J connectivity index is 0.000000673. The van der Waals surface area contributed by atoms with Gasteiger partial charge in [-0.15, -0.1) is 0 Å². The summed E-state index contributed by atoms with van der Waals surface area (Å²) < 4.78 is 0. The molecule has 2 N–H and O–H groups in total. The van der Waals surface area contributed by atoms with Crippen LogP contribution in [0.5, 0.6) is 0 Å². The summed E-state index contributed by atoms with van der Waals surface area (Å²) >= 11 is 0. The summed E-state index contributed by atoms with van der Waals surface area (Å²) in [5.41, 5.74) is 0. The highest BCUT2D eigenvalue weighted by Gasteiger charge is 2.09. The molecule has 1 aliphatic heterocycles. The third-order valence-corrected chi connectivity index (χ3v) is 2.17. The normalized spacial score (nSPS) is 15.4. The first-order valence-corrected chi connectivity index (χ1v) is 6.44. The summed E-state index contributed by atoms with van der Waals surface area (Å²) in [6, 6.07) is 0. The first-order valence-electron chi connectivity index (χ1n) is 6.44. The quantitative estimate of drug-likeness (QED) is 0.744. The van der Waals surface area contributed by atoms with E-state index >= 15 is 0 Å². The molecule has 0 aliphatic carbocycles. The lowest BCUT2D eigenvalue weighted by molar-refractivity contribution is -0.121. The third-order valence-electron chi connectivity index (χ3n) is 2.17. The summed E-state index contributed by atoms with van der Waals surface area (Å²) in [5, 5.41) is 6.15. The molecule has 16 heavy (non-hydrogen) atoms. The van der Waals surface area contributed by atoms with Crippen LogP contribution in [-0.2, 0) is 4.79 Å². The van der Waals surface area contributed by atoms with Crippen LogP contribution in [0, 0.1) is 0 Å².